The molecule has 2 rings (SSSR count). The number of nitrogens with two attached hydrogens (primary N) is 1. The largest absolute Gasteiger partial charge is 0.368 e. The second-order valence-electron chi connectivity index (χ2n) is 3.78. The van der Waals surface area contributed by atoms with Crippen molar-refractivity contribution in [3.05, 3.63) is 29.7 Å². The molecule has 0 unspecified atom stereocenters. The molecule has 1 aromatic carbocycles. The predicted octanol–water partition coefficient (Wildman–Crippen LogP) is 2.47. The van der Waals surface area contributed by atoms with E-state index in [0.717, 1.165) is 11.1 Å². The first-order chi connectivity index (χ1) is 7.08. The molecule has 3 nitrogen and oxygen atoms in total. The number of hydrogen-bond acceptors (Lipinski definition) is 3. The molecule has 0 radical (unpaired) electrons. The summed E-state index contributed by atoms with van der Waals surface area (Å²) in [7, 11) is 0. The minimum Gasteiger partial charge on any atom is -0.368 e. The van der Waals surface area contributed by atoms with Gasteiger partial charge in [0.25, 0.3) is 0 Å². The number of aromatic nitrogens is 2. The molecule has 15 heavy (non-hydrogen) atoms. The highest BCUT2D eigenvalue weighted by Crippen LogP contribution is 2.23. The van der Waals surface area contributed by atoms with Gasteiger partial charge in [-0.15, -0.1) is 0 Å². The fourth-order valence-corrected chi connectivity index (χ4v) is 1.58. The molecular weight excluding hydrogens is 193 g/mol. The first kappa shape index (κ1) is 9.83. The third kappa shape index (κ3) is 1.75. The molecule has 0 saturated heterocycles. The fraction of sp³-hybridized carbons (Fsp3) is 0.273. The molecule has 0 aliphatic rings. The highest BCUT2D eigenvalue weighted by molar-refractivity contribution is 5.82. The average Bonchev–Trinajstić information content (AvgIpc) is 2.17. The van der Waals surface area contributed by atoms with Gasteiger partial charge in [-0.05, 0) is 24.1 Å². The van der Waals surface area contributed by atoms with Crippen molar-refractivity contribution in [1.29, 1.82) is 0 Å². The maximum absolute atomic E-state index is 13.1. The molecule has 0 aliphatic heterocycles. The summed E-state index contributed by atoms with van der Waals surface area (Å²) in [4.78, 5) is 8.20. The Kier molecular flexibility index (Phi) is 2.26. The number of benzene rings is 1. The van der Waals surface area contributed by atoms with E-state index in [1.165, 1.54) is 12.1 Å². The molecule has 0 saturated carbocycles. The van der Waals surface area contributed by atoms with Gasteiger partial charge in [-0.1, -0.05) is 13.8 Å². The molecule has 0 bridgehead atoms. The van der Waals surface area contributed by atoms with Gasteiger partial charge in [0.1, 0.15) is 5.82 Å². The second-order valence-corrected chi connectivity index (χ2v) is 3.78. The summed E-state index contributed by atoms with van der Waals surface area (Å²) in [6.45, 7) is 3.98. The van der Waals surface area contributed by atoms with Crippen LogP contribution < -0.4 is 5.73 Å². The van der Waals surface area contributed by atoms with Gasteiger partial charge in [-0.2, -0.15) is 0 Å². The Hall–Kier alpha value is -1.71. The highest BCUT2D eigenvalue weighted by atomic mass is 19.1. The van der Waals surface area contributed by atoms with E-state index in [2.05, 4.69) is 9.97 Å². The summed E-state index contributed by atoms with van der Waals surface area (Å²) in [6, 6.07) is 4.44. The average molecular weight is 205 g/mol. The lowest BCUT2D eigenvalue weighted by atomic mass is 10.0. The van der Waals surface area contributed by atoms with Crippen LogP contribution in [0, 0.1) is 5.82 Å². The normalized spacial score (nSPS) is 11.2. The van der Waals surface area contributed by atoms with Gasteiger partial charge in [-0.3, -0.25) is 0 Å². The molecule has 78 valence electrons. The van der Waals surface area contributed by atoms with E-state index in [1.807, 2.05) is 13.8 Å². The van der Waals surface area contributed by atoms with Gasteiger partial charge >= 0.3 is 0 Å². The zero-order valence-corrected chi connectivity index (χ0v) is 8.66. The van der Waals surface area contributed by atoms with Gasteiger partial charge < -0.3 is 5.73 Å². The maximum Gasteiger partial charge on any atom is 0.220 e. The van der Waals surface area contributed by atoms with Crippen LogP contribution in [-0.2, 0) is 0 Å². The van der Waals surface area contributed by atoms with Gasteiger partial charge in [0.15, 0.2) is 0 Å². The van der Waals surface area contributed by atoms with Crippen LogP contribution in [0.1, 0.15) is 25.5 Å². The van der Waals surface area contributed by atoms with Crippen molar-refractivity contribution in [3.63, 3.8) is 0 Å². The van der Waals surface area contributed by atoms with E-state index < -0.39 is 0 Å². The van der Waals surface area contributed by atoms with Gasteiger partial charge in [-0.25, -0.2) is 14.4 Å². The van der Waals surface area contributed by atoms with Crippen molar-refractivity contribution in [1.82, 2.24) is 9.97 Å². The van der Waals surface area contributed by atoms with Crippen LogP contribution in [0.5, 0.6) is 0 Å². The topological polar surface area (TPSA) is 51.8 Å². The Morgan fingerprint density at radius 3 is 2.67 bits per heavy atom. The molecule has 0 fully saturated rings. The number of halogens is 1. The lowest BCUT2D eigenvalue weighted by Gasteiger charge is -2.09. The minimum absolute atomic E-state index is 0.194. The summed E-state index contributed by atoms with van der Waals surface area (Å²) >= 11 is 0. The fourth-order valence-electron chi connectivity index (χ4n) is 1.58. The van der Waals surface area contributed by atoms with Crippen LogP contribution in [0.15, 0.2) is 18.2 Å². The Morgan fingerprint density at radius 1 is 1.27 bits per heavy atom. The monoisotopic (exact) mass is 205 g/mol. The molecule has 2 aromatic rings. The van der Waals surface area contributed by atoms with Crippen LogP contribution >= 0.6 is 0 Å². The van der Waals surface area contributed by atoms with Crippen molar-refractivity contribution < 1.29 is 4.39 Å². The van der Waals surface area contributed by atoms with E-state index in [1.54, 1.807) is 6.07 Å². The Balaban J connectivity index is 2.81. The predicted molar refractivity (Wildman–Crippen MR) is 58.0 cm³/mol. The van der Waals surface area contributed by atoms with Gasteiger partial charge in [0.2, 0.25) is 5.95 Å². The van der Waals surface area contributed by atoms with Gasteiger partial charge in [0, 0.05) is 5.39 Å². The first-order valence-corrected chi connectivity index (χ1v) is 4.80. The number of nitrogens with zero attached hydrogens (tertiary/aromatic N) is 2. The van der Waals surface area contributed by atoms with Gasteiger partial charge in [0.05, 0.1) is 11.2 Å². The zero-order chi connectivity index (χ0) is 11.0. The Bertz CT molecular complexity index is 508. The van der Waals surface area contributed by atoms with Crippen LogP contribution in [0.25, 0.3) is 10.9 Å². The third-order valence-corrected chi connectivity index (χ3v) is 2.25. The van der Waals surface area contributed by atoms with Crippen molar-refractivity contribution in [3.8, 4) is 0 Å². The van der Waals surface area contributed by atoms with Crippen LogP contribution in [0.2, 0.25) is 0 Å². The molecular formula is C11H12FN3. The smallest absolute Gasteiger partial charge is 0.220 e. The molecule has 0 aliphatic carbocycles. The number of hydrogen-bond donors (Lipinski definition) is 1. The molecule has 0 atom stereocenters. The Labute approximate surface area is 87.2 Å². The maximum atomic E-state index is 13.1. The highest BCUT2D eigenvalue weighted by Gasteiger charge is 2.10. The molecule has 1 heterocycles. The van der Waals surface area contributed by atoms with Crippen LogP contribution in [0.4, 0.5) is 10.3 Å². The summed E-state index contributed by atoms with van der Waals surface area (Å²) in [5, 5.41) is 0.735. The number of fused-ring (bicyclic) bond motifs is 1. The van der Waals surface area contributed by atoms with Crippen LogP contribution in [0.3, 0.4) is 0 Å². The molecule has 4 heteroatoms. The molecule has 0 amide bonds. The number of nitrogen functional groups attached to an aromatic ring is 1. The standard InChI is InChI=1S/C11H12FN3/c1-6(2)10-8-5-7(12)3-4-9(8)14-11(13)15-10/h3-6H,1-2H3,(H2,13,14,15). The first-order valence-electron chi connectivity index (χ1n) is 4.80. The van der Waals surface area contributed by atoms with Crippen molar-refractivity contribution >= 4 is 16.9 Å². The summed E-state index contributed by atoms with van der Waals surface area (Å²) in [5.41, 5.74) is 7.06. The van der Waals surface area contributed by atoms with E-state index in [9.17, 15) is 4.39 Å². The van der Waals surface area contributed by atoms with E-state index in [4.69, 9.17) is 5.73 Å². The summed E-state index contributed by atoms with van der Waals surface area (Å²) in [6.07, 6.45) is 0. The lowest BCUT2D eigenvalue weighted by molar-refractivity contribution is 0.629. The van der Waals surface area contributed by atoms with E-state index in [-0.39, 0.29) is 17.7 Å². The summed E-state index contributed by atoms with van der Waals surface area (Å²) < 4.78 is 13.1. The van der Waals surface area contributed by atoms with Crippen molar-refractivity contribution in [2.24, 2.45) is 0 Å². The Morgan fingerprint density at radius 2 is 2.00 bits per heavy atom. The molecule has 2 N–H and O–H groups in total. The third-order valence-electron chi connectivity index (χ3n) is 2.25. The number of anilines is 1. The molecule has 0 spiro atoms. The van der Waals surface area contributed by atoms with E-state index in [0.29, 0.717) is 5.52 Å². The second kappa shape index (κ2) is 3.46. The zero-order valence-electron chi connectivity index (χ0n) is 8.66. The quantitative estimate of drug-likeness (QED) is 0.778. The minimum atomic E-state index is -0.280. The SMILES string of the molecule is CC(C)c1nc(N)nc2ccc(F)cc12. The molecule has 1 aromatic heterocycles. The van der Waals surface area contributed by atoms with Crippen LogP contribution in [-0.4, -0.2) is 9.97 Å². The van der Waals surface area contributed by atoms with E-state index >= 15 is 0 Å². The lowest BCUT2D eigenvalue weighted by Crippen LogP contribution is -2.02. The summed E-state index contributed by atoms with van der Waals surface area (Å²) in [5.74, 6) is 0.148. The number of rotatable bonds is 1. The van der Waals surface area contributed by atoms with Crippen molar-refractivity contribution in [2.75, 3.05) is 5.73 Å². The van der Waals surface area contributed by atoms with Crippen molar-refractivity contribution in [2.45, 2.75) is 19.8 Å².